The summed E-state index contributed by atoms with van der Waals surface area (Å²) < 4.78 is 0. The second-order valence-electron chi connectivity index (χ2n) is 6.13. The highest BCUT2D eigenvalue weighted by Crippen LogP contribution is 2.39. The van der Waals surface area contributed by atoms with E-state index in [9.17, 15) is 10.1 Å². The molecule has 1 atom stereocenters. The molecule has 0 bridgehead atoms. The van der Waals surface area contributed by atoms with Crippen LogP contribution in [-0.2, 0) is 17.6 Å². The average molecular weight is 357 g/mol. The van der Waals surface area contributed by atoms with E-state index in [1.807, 2.05) is 30.3 Å². The van der Waals surface area contributed by atoms with Gasteiger partial charge in [-0.15, -0.1) is 23.1 Å². The van der Waals surface area contributed by atoms with E-state index in [0.29, 0.717) is 17.9 Å². The van der Waals surface area contributed by atoms with Crippen molar-refractivity contribution >= 4 is 34.0 Å². The Balaban J connectivity index is 1.59. The van der Waals surface area contributed by atoms with Crippen LogP contribution < -0.4 is 5.32 Å². The van der Waals surface area contributed by atoms with Gasteiger partial charge in [0.25, 0.3) is 0 Å². The number of thioether (sulfide) groups is 1. The molecule has 0 aliphatic heterocycles. The van der Waals surface area contributed by atoms with Gasteiger partial charge in [-0.3, -0.25) is 4.79 Å². The molecule has 3 rings (SSSR count). The highest BCUT2D eigenvalue weighted by Gasteiger charge is 2.24. The minimum Gasteiger partial charge on any atom is -0.317 e. The molecule has 3 nitrogen and oxygen atoms in total. The molecule has 0 saturated heterocycles. The topological polar surface area (TPSA) is 52.9 Å². The van der Waals surface area contributed by atoms with Crippen LogP contribution in [-0.4, -0.2) is 11.7 Å². The number of anilines is 1. The first-order valence-electron chi connectivity index (χ1n) is 8.19. The van der Waals surface area contributed by atoms with Crippen molar-refractivity contribution in [3.8, 4) is 6.07 Å². The average Bonchev–Trinajstić information content (AvgIpc) is 2.91. The number of benzene rings is 1. The number of fused-ring (bicyclic) bond motifs is 1. The molecular weight excluding hydrogens is 336 g/mol. The second-order valence-corrected chi connectivity index (χ2v) is 8.40. The lowest BCUT2D eigenvalue weighted by Gasteiger charge is -2.17. The molecule has 1 amide bonds. The van der Waals surface area contributed by atoms with Crippen LogP contribution in [0.25, 0.3) is 0 Å². The molecule has 2 aromatic rings. The van der Waals surface area contributed by atoms with E-state index in [1.165, 1.54) is 9.77 Å². The molecular formula is C19H20N2OS2. The van der Waals surface area contributed by atoms with Gasteiger partial charge in [-0.25, -0.2) is 0 Å². The monoisotopic (exact) mass is 356 g/mol. The normalized spacial score (nSPS) is 16.2. The van der Waals surface area contributed by atoms with Crippen molar-refractivity contribution in [3.63, 3.8) is 0 Å². The second kappa shape index (κ2) is 7.87. The lowest BCUT2D eigenvalue weighted by Crippen LogP contribution is -2.12. The van der Waals surface area contributed by atoms with Crippen molar-refractivity contribution in [2.45, 2.75) is 37.5 Å². The fraction of sp³-hybridized carbons (Fsp3) is 0.368. The van der Waals surface area contributed by atoms with Gasteiger partial charge < -0.3 is 5.32 Å². The molecule has 0 spiro atoms. The first-order valence-corrected chi connectivity index (χ1v) is 10.00. The number of hydrogen-bond acceptors (Lipinski definition) is 4. The van der Waals surface area contributed by atoms with Gasteiger partial charge in [-0.2, -0.15) is 5.26 Å². The number of thiophene rings is 1. The molecule has 0 fully saturated rings. The lowest BCUT2D eigenvalue weighted by molar-refractivity contribution is -0.115. The predicted molar refractivity (Wildman–Crippen MR) is 101 cm³/mol. The fourth-order valence-corrected chi connectivity index (χ4v) is 5.17. The molecule has 1 aliphatic carbocycles. The van der Waals surface area contributed by atoms with E-state index < -0.39 is 0 Å². The van der Waals surface area contributed by atoms with Gasteiger partial charge in [0.2, 0.25) is 5.91 Å². The van der Waals surface area contributed by atoms with Gasteiger partial charge in [0.15, 0.2) is 0 Å². The first-order chi connectivity index (χ1) is 11.7. The van der Waals surface area contributed by atoms with Crippen molar-refractivity contribution in [1.82, 2.24) is 0 Å². The Morgan fingerprint density at radius 2 is 2.21 bits per heavy atom. The molecule has 0 saturated carbocycles. The van der Waals surface area contributed by atoms with Crippen molar-refractivity contribution < 1.29 is 4.79 Å². The number of hydrogen-bond donors (Lipinski definition) is 1. The molecule has 0 unspecified atom stereocenters. The Bertz CT molecular complexity index is 762. The lowest BCUT2D eigenvalue weighted by atomic mass is 9.89. The van der Waals surface area contributed by atoms with Crippen molar-refractivity contribution in [3.05, 3.63) is 46.3 Å². The summed E-state index contributed by atoms with van der Waals surface area (Å²) in [5, 5.41) is 13.2. The number of nitrogens with zero attached hydrogens (tertiary/aromatic N) is 1. The summed E-state index contributed by atoms with van der Waals surface area (Å²) in [5.41, 5.74) is 1.85. The smallest absolute Gasteiger partial charge is 0.225 e. The molecule has 1 heterocycles. The molecule has 1 aromatic carbocycles. The fourth-order valence-electron chi connectivity index (χ4n) is 2.92. The summed E-state index contributed by atoms with van der Waals surface area (Å²) in [5.74, 6) is 1.38. The van der Waals surface area contributed by atoms with Crippen LogP contribution in [0.5, 0.6) is 0 Å². The van der Waals surface area contributed by atoms with Crippen LogP contribution in [0.2, 0.25) is 0 Å². The number of nitrogens with one attached hydrogen (secondary N) is 1. The highest BCUT2D eigenvalue weighted by atomic mass is 32.2. The third kappa shape index (κ3) is 4.00. The maximum Gasteiger partial charge on any atom is 0.225 e. The van der Waals surface area contributed by atoms with Crippen LogP contribution in [0.1, 0.15) is 35.8 Å². The summed E-state index contributed by atoms with van der Waals surface area (Å²) in [6.45, 7) is 2.24. The molecule has 5 heteroatoms. The Hall–Kier alpha value is -1.77. The zero-order valence-electron chi connectivity index (χ0n) is 13.7. The molecule has 24 heavy (non-hydrogen) atoms. The van der Waals surface area contributed by atoms with Crippen molar-refractivity contribution in [2.24, 2.45) is 5.92 Å². The zero-order chi connectivity index (χ0) is 16.9. The van der Waals surface area contributed by atoms with Crippen molar-refractivity contribution in [2.75, 3.05) is 11.1 Å². The maximum atomic E-state index is 12.2. The first kappa shape index (κ1) is 17.1. The summed E-state index contributed by atoms with van der Waals surface area (Å²) in [4.78, 5) is 14.7. The maximum absolute atomic E-state index is 12.2. The molecule has 1 aromatic heterocycles. The number of carbonyl (C=O) groups excluding carboxylic acids is 1. The van der Waals surface area contributed by atoms with Crippen LogP contribution in [0.4, 0.5) is 5.00 Å². The SMILES string of the molecule is C[C@@H]1CCc2c(sc(NC(=O)CCSc3ccccc3)c2C#N)C1. The van der Waals surface area contributed by atoms with Gasteiger partial charge in [-0.1, -0.05) is 25.1 Å². The third-order valence-corrected chi connectivity index (χ3v) is 6.40. The summed E-state index contributed by atoms with van der Waals surface area (Å²) in [6.07, 6.45) is 3.55. The summed E-state index contributed by atoms with van der Waals surface area (Å²) in [7, 11) is 0. The third-order valence-electron chi connectivity index (χ3n) is 4.22. The highest BCUT2D eigenvalue weighted by molar-refractivity contribution is 7.99. The Labute approximate surface area is 151 Å². The Kier molecular flexibility index (Phi) is 5.60. The molecule has 124 valence electrons. The van der Waals surface area contributed by atoms with Gasteiger partial charge in [0.1, 0.15) is 11.1 Å². The quantitative estimate of drug-likeness (QED) is 0.778. The predicted octanol–water partition coefficient (Wildman–Crippen LogP) is 4.87. The van der Waals surface area contributed by atoms with E-state index in [-0.39, 0.29) is 5.91 Å². The Morgan fingerprint density at radius 3 is 2.96 bits per heavy atom. The standard InChI is InChI=1S/C19H20N2OS2/c1-13-7-8-15-16(12-20)19(24-17(15)11-13)21-18(22)9-10-23-14-5-3-2-4-6-14/h2-6,13H,7-11H2,1H3,(H,21,22)/t13-/m1/s1. The van der Waals surface area contributed by atoms with E-state index in [1.54, 1.807) is 23.1 Å². The molecule has 1 aliphatic rings. The van der Waals surface area contributed by atoms with Gasteiger partial charge in [-0.05, 0) is 42.9 Å². The largest absolute Gasteiger partial charge is 0.317 e. The van der Waals surface area contributed by atoms with Crippen LogP contribution >= 0.6 is 23.1 Å². The number of carbonyl (C=O) groups is 1. The number of rotatable bonds is 5. The minimum atomic E-state index is -0.0124. The minimum absolute atomic E-state index is 0.0124. The molecule has 1 N–H and O–H groups in total. The number of amides is 1. The Morgan fingerprint density at radius 1 is 1.42 bits per heavy atom. The van der Waals surface area contributed by atoms with E-state index in [0.717, 1.165) is 35.6 Å². The zero-order valence-corrected chi connectivity index (χ0v) is 15.3. The van der Waals surface area contributed by atoms with Crippen LogP contribution in [0.15, 0.2) is 35.2 Å². The van der Waals surface area contributed by atoms with E-state index in [4.69, 9.17) is 0 Å². The molecule has 0 radical (unpaired) electrons. The van der Waals surface area contributed by atoms with E-state index in [2.05, 4.69) is 18.3 Å². The van der Waals surface area contributed by atoms with Gasteiger partial charge >= 0.3 is 0 Å². The van der Waals surface area contributed by atoms with Gasteiger partial charge in [0.05, 0.1) is 5.56 Å². The summed E-state index contributed by atoms with van der Waals surface area (Å²) in [6, 6.07) is 12.4. The van der Waals surface area contributed by atoms with Crippen LogP contribution in [0.3, 0.4) is 0 Å². The van der Waals surface area contributed by atoms with Crippen LogP contribution in [0, 0.1) is 17.2 Å². The number of nitriles is 1. The van der Waals surface area contributed by atoms with Crippen molar-refractivity contribution in [1.29, 1.82) is 5.26 Å². The van der Waals surface area contributed by atoms with Gasteiger partial charge in [0, 0.05) is 21.9 Å². The van der Waals surface area contributed by atoms with E-state index >= 15 is 0 Å². The summed E-state index contributed by atoms with van der Waals surface area (Å²) >= 11 is 3.26.